The number of aliphatic hydroxyl groups excluding tert-OH is 1. The topological polar surface area (TPSA) is 46.5 Å². The molecule has 1 fully saturated rings. The van der Waals surface area contributed by atoms with Gasteiger partial charge in [-0.2, -0.15) is 0 Å². The molecule has 3 atom stereocenters. The number of ether oxygens (including phenoxy) is 1. The third-order valence-corrected chi connectivity index (χ3v) is 3.23. The molecule has 0 spiro atoms. The first-order valence-electron chi connectivity index (χ1n) is 4.68. The summed E-state index contributed by atoms with van der Waals surface area (Å²) in [6, 6.07) is 0. The molecule has 0 unspecified atom stereocenters. The molecular weight excluding hydrogens is 168 g/mol. The van der Waals surface area contributed by atoms with Gasteiger partial charge in [-0.1, -0.05) is 11.6 Å². The maximum absolute atomic E-state index is 11.2. The van der Waals surface area contributed by atoms with Gasteiger partial charge in [0.15, 0.2) is 0 Å². The number of aliphatic hydroxyl groups is 1. The number of hydrogen-bond donors (Lipinski definition) is 1. The molecule has 1 aliphatic heterocycles. The van der Waals surface area contributed by atoms with E-state index in [1.165, 1.54) is 5.57 Å². The van der Waals surface area contributed by atoms with Crippen LogP contribution in [0.25, 0.3) is 0 Å². The van der Waals surface area contributed by atoms with Gasteiger partial charge in [-0.3, -0.25) is 4.79 Å². The quantitative estimate of drug-likeness (QED) is 0.480. The summed E-state index contributed by atoms with van der Waals surface area (Å²) in [6.45, 7) is 2.62. The van der Waals surface area contributed by atoms with Crippen LogP contribution in [0.5, 0.6) is 0 Å². The summed E-state index contributed by atoms with van der Waals surface area (Å²) in [4.78, 5) is 11.2. The highest BCUT2D eigenvalue weighted by Gasteiger charge is 2.43. The second-order valence-corrected chi connectivity index (χ2v) is 3.87. The van der Waals surface area contributed by atoms with Crippen LogP contribution in [0, 0.1) is 17.8 Å². The zero-order valence-electron chi connectivity index (χ0n) is 7.69. The molecule has 0 aromatic carbocycles. The van der Waals surface area contributed by atoms with E-state index in [4.69, 9.17) is 4.74 Å². The van der Waals surface area contributed by atoms with Crippen molar-refractivity contribution in [3.63, 3.8) is 0 Å². The molecule has 0 aromatic rings. The Labute approximate surface area is 77.4 Å². The highest BCUT2D eigenvalue weighted by molar-refractivity contribution is 5.75. The highest BCUT2D eigenvalue weighted by Crippen LogP contribution is 2.39. The van der Waals surface area contributed by atoms with Crippen molar-refractivity contribution in [3.05, 3.63) is 11.6 Å². The summed E-state index contributed by atoms with van der Waals surface area (Å²) in [5.41, 5.74) is 1.20. The van der Waals surface area contributed by atoms with Crippen molar-refractivity contribution in [1.29, 1.82) is 0 Å². The van der Waals surface area contributed by atoms with E-state index in [0.717, 1.165) is 6.42 Å². The van der Waals surface area contributed by atoms with Crippen LogP contribution in [0.15, 0.2) is 11.6 Å². The fourth-order valence-electron chi connectivity index (χ4n) is 2.33. The zero-order valence-corrected chi connectivity index (χ0v) is 7.69. The first kappa shape index (κ1) is 8.75. The van der Waals surface area contributed by atoms with Gasteiger partial charge in [-0.05, 0) is 13.3 Å². The molecule has 1 saturated heterocycles. The average molecular weight is 182 g/mol. The predicted molar refractivity (Wildman–Crippen MR) is 46.9 cm³/mol. The van der Waals surface area contributed by atoms with Crippen LogP contribution in [0.2, 0.25) is 0 Å². The molecule has 3 heteroatoms. The third-order valence-electron chi connectivity index (χ3n) is 3.23. The predicted octanol–water partition coefficient (Wildman–Crippen LogP) is 0.734. The van der Waals surface area contributed by atoms with Crippen molar-refractivity contribution in [2.24, 2.45) is 17.8 Å². The van der Waals surface area contributed by atoms with Crippen LogP contribution in [0.1, 0.15) is 13.3 Å². The van der Waals surface area contributed by atoms with Gasteiger partial charge in [-0.25, -0.2) is 0 Å². The van der Waals surface area contributed by atoms with Crippen molar-refractivity contribution >= 4 is 5.97 Å². The minimum absolute atomic E-state index is 0.000787. The minimum atomic E-state index is -0.0906. The van der Waals surface area contributed by atoms with E-state index in [9.17, 15) is 9.90 Å². The number of carbonyl (C=O) groups is 1. The van der Waals surface area contributed by atoms with E-state index >= 15 is 0 Å². The van der Waals surface area contributed by atoms with E-state index in [-0.39, 0.29) is 30.3 Å². The van der Waals surface area contributed by atoms with Crippen molar-refractivity contribution < 1.29 is 14.6 Å². The van der Waals surface area contributed by atoms with Gasteiger partial charge >= 0.3 is 5.97 Å². The minimum Gasteiger partial charge on any atom is -0.465 e. The Hall–Kier alpha value is -0.830. The monoisotopic (exact) mass is 182 g/mol. The first-order chi connectivity index (χ1) is 6.24. The molecule has 72 valence electrons. The standard InChI is InChI=1S/C10H14O3/c1-6-2-3-7-9(8(6)4-11)5-13-10(7)12/h2,7-9,11H,3-5H2,1H3/t7-,8+,9+/m0/s1. The average Bonchev–Trinajstić information content (AvgIpc) is 2.48. The van der Waals surface area contributed by atoms with Crippen LogP contribution >= 0.6 is 0 Å². The molecule has 13 heavy (non-hydrogen) atoms. The smallest absolute Gasteiger partial charge is 0.309 e. The Kier molecular flexibility index (Phi) is 2.12. The van der Waals surface area contributed by atoms with Crippen molar-refractivity contribution in [2.75, 3.05) is 13.2 Å². The van der Waals surface area contributed by atoms with Crippen LogP contribution in [0.3, 0.4) is 0 Å². The lowest BCUT2D eigenvalue weighted by Crippen LogP contribution is -2.30. The van der Waals surface area contributed by atoms with Crippen molar-refractivity contribution in [1.82, 2.24) is 0 Å². The summed E-state index contributed by atoms with van der Waals surface area (Å²) >= 11 is 0. The maximum Gasteiger partial charge on any atom is 0.309 e. The lowest BCUT2D eigenvalue weighted by molar-refractivity contribution is -0.141. The Balaban J connectivity index is 2.23. The fraction of sp³-hybridized carbons (Fsp3) is 0.700. The van der Waals surface area contributed by atoms with Gasteiger partial charge in [0.25, 0.3) is 0 Å². The van der Waals surface area contributed by atoms with E-state index in [2.05, 4.69) is 6.08 Å². The Morgan fingerprint density at radius 3 is 3.15 bits per heavy atom. The van der Waals surface area contributed by atoms with E-state index < -0.39 is 0 Å². The molecule has 1 heterocycles. The fourth-order valence-corrected chi connectivity index (χ4v) is 2.33. The van der Waals surface area contributed by atoms with Gasteiger partial charge in [0.05, 0.1) is 19.1 Å². The van der Waals surface area contributed by atoms with Crippen LogP contribution in [-0.4, -0.2) is 24.3 Å². The summed E-state index contributed by atoms with van der Waals surface area (Å²) in [5.74, 6) is 0.251. The normalized spacial score (nSPS) is 38.2. The number of rotatable bonds is 1. The molecule has 0 saturated carbocycles. The van der Waals surface area contributed by atoms with Crippen LogP contribution in [-0.2, 0) is 9.53 Å². The van der Waals surface area contributed by atoms with Crippen molar-refractivity contribution in [2.45, 2.75) is 13.3 Å². The molecule has 2 rings (SSSR count). The Morgan fingerprint density at radius 2 is 2.46 bits per heavy atom. The van der Waals surface area contributed by atoms with Gasteiger partial charge in [0.2, 0.25) is 0 Å². The SMILES string of the molecule is CC1=CC[C@@H]2C(=O)OC[C@H]2[C@@H]1CO. The molecule has 2 aliphatic rings. The summed E-state index contributed by atoms with van der Waals surface area (Å²) in [5, 5.41) is 9.19. The van der Waals surface area contributed by atoms with E-state index in [1.54, 1.807) is 0 Å². The van der Waals surface area contributed by atoms with Crippen molar-refractivity contribution in [3.8, 4) is 0 Å². The summed E-state index contributed by atoms with van der Waals surface area (Å²) in [7, 11) is 0. The largest absolute Gasteiger partial charge is 0.465 e. The van der Waals surface area contributed by atoms with Crippen LogP contribution < -0.4 is 0 Å². The third kappa shape index (κ3) is 1.27. The number of cyclic esters (lactones) is 1. The van der Waals surface area contributed by atoms with Gasteiger partial charge in [0.1, 0.15) is 0 Å². The molecule has 0 amide bonds. The molecular formula is C10H14O3. The Bertz CT molecular complexity index is 257. The van der Waals surface area contributed by atoms with Gasteiger partial charge < -0.3 is 9.84 Å². The molecule has 0 aromatic heterocycles. The molecule has 3 nitrogen and oxygen atoms in total. The zero-order chi connectivity index (χ0) is 9.42. The first-order valence-corrected chi connectivity index (χ1v) is 4.68. The van der Waals surface area contributed by atoms with Gasteiger partial charge in [0, 0.05) is 11.8 Å². The second kappa shape index (κ2) is 3.14. The molecule has 0 bridgehead atoms. The summed E-state index contributed by atoms with van der Waals surface area (Å²) in [6.07, 6.45) is 2.83. The molecule has 0 radical (unpaired) electrons. The maximum atomic E-state index is 11.2. The Morgan fingerprint density at radius 1 is 1.69 bits per heavy atom. The molecule has 1 aliphatic carbocycles. The van der Waals surface area contributed by atoms with Gasteiger partial charge in [-0.15, -0.1) is 0 Å². The molecule has 1 N–H and O–H groups in total. The van der Waals surface area contributed by atoms with Crippen LogP contribution in [0.4, 0.5) is 0 Å². The number of esters is 1. The number of carbonyl (C=O) groups excluding carboxylic acids is 1. The highest BCUT2D eigenvalue weighted by atomic mass is 16.5. The summed E-state index contributed by atoms with van der Waals surface area (Å²) < 4.78 is 5.00. The van der Waals surface area contributed by atoms with E-state index in [0.29, 0.717) is 6.61 Å². The number of hydrogen-bond acceptors (Lipinski definition) is 3. The lowest BCUT2D eigenvalue weighted by Gasteiger charge is -2.28. The number of fused-ring (bicyclic) bond motifs is 1. The second-order valence-electron chi connectivity index (χ2n) is 3.87. The lowest BCUT2D eigenvalue weighted by atomic mass is 9.74. The number of allylic oxidation sites excluding steroid dienone is 1. The van der Waals surface area contributed by atoms with E-state index in [1.807, 2.05) is 6.92 Å².